The Morgan fingerprint density at radius 1 is 1.27 bits per heavy atom. The van der Waals surface area contributed by atoms with Crippen molar-refractivity contribution in [3.8, 4) is 0 Å². The van der Waals surface area contributed by atoms with Crippen LogP contribution in [0.15, 0.2) is 18.3 Å². The maximum Gasteiger partial charge on any atom is 0.254 e. The molecule has 0 radical (unpaired) electrons. The van der Waals surface area contributed by atoms with E-state index in [9.17, 15) is 9.90 Å². The zero-order valence-corrected chi connectivity index (χ0v) is 16.2. The Kier molecular flexibility index (Phi) is 6.14. The predicted octanol–water partition coefficient (Wildman–Crippen LogP) is 1.85. The van der Waals surface area contributed by atoms with E-state index >= 15 is 0 Å². The maximum atomic E-state index is 12.8. The molecule has 1 N–H and O–H groups in total. The second-order valence-electron chi connectivity index (χ2n) is 7.93. The number of rotatable bonds is 5. The van der Waals surface area contributed by atoms with Gasteiger partial charge in [0.15, 0.2) is 0 Å². The third kappa shape index (κ3) is 4.18. The average Bonchev–Trinajstić information content (AvgIpc) is 2.68. The summed E-state index contributed by atoms with van der Waals surface area (Å²) in [4.78, 5) is 23.8. The van der Waals surface area contributed by atoms with Gasteiger partial charge >= 0.3 is 0 Å². The number of pyridine rings is 1. The summed E-state index contributed by atoms with van der Waals surface area (Å²) in [5.41, 5.74) is 0.682. The highest BCUT2D eigenvalue weighted by atomic mass is 16.3. The molecule has 1 aromatic rings. The van der Waals surface area contributed by atoms with Crippen molar-refractivity contribution in [2.45, 2.75) is 32.6 Å². The minimum Gasteiger partial charge on any atom is -0.396 e. The Morgan fingerprint density at radius 2 is 2.04 bits per heavy atom. The van der Waals surface area contributed by atoms with Crippen molar-refractivity contribution in [1.29, 1.82) is 0 Å². The smallest absolute Gasteiger partial charge is 0.254 e. The number of aliphatic hydroxyl groups excluding tert-OH is 1. The van der Waals surface area contributed by atoms with Gasteiger partial charge in [0, 0.05) is 56.4 Å². The molecule has 2 fully saturated rings. The molecule has 1 atom stereocenters. The van der Waals surface area contributed by atoms with Crippen LogP contribution in [0.2, 0.25) is 0 Å². The largest absolute Gasteiger partial charge is 0.396 e. The average molecular weight is 361 g/mol. The predicted molar refractivity (Wildman–Crippen MR) is 104 cm³/mol. The first-order chi connectivity index (χ1) is 12.6. The van der Waals surface area contributed by atoms with Crippen LogP contribution in [0.5, 0.6) is 0 Å². The molecule has 0 saturated carbocycles. The third-order valence-corrected chi connectivity index (χ3v) is 5.88. The molecule has 0 aliphatic carbocycles. The van der Waals surface area contributed by atoms with Gasteiger partial charge in [-0.15, -0.1) is 0 Å². The summed E-state index contributed by atoms with van der Waals surface area (Å²) in [6.07, 6.45) is 5.96. The molecule has 3 heterocycles. The third-order valence-electron chi connectivity index (χ3n) is 5.88. The first-order valence-corrected chi connectivity index (χ1v) is 9.86. The molecule has 2 aliphatic heterocycles. The first kappa shape index (κ1) is 19.1. The van der Waals surface area contributed by atoms with Crippen LogP contribution in [-0.2, 0) is 0 Å². The van der Waals surface area contributed by atoms with Gasteiger partial charge in [-0.1, -0.05) is 13.3 Å². The molecule has 6 heteroatoms. The number of nitrogens with zero attached hydrogens (tertiary/aromatic N) is 4. The van der Waals surface area contributed by atoms with Gasteiger partial charge in [-0.05, 0) is 38.4 Å². The number of hydrogen-bond donors (Lipinski definition) is 1. The fraction of sp³-hybridized carbons (Fsp3) is 0.700. The highest BCUT2D eigenvalue weighted by Crippen LogP contribution is 2.35. The molecule has 0 bridgehead atoms. The van der Waals surface area contributed by atoms with Crippen molar-refractivity contribution >= 4 is 11.7 Å². The highest BCUT2D eigenvalue weighted by molar-refractivity contribution is 5.95. The minimum atomic E-state index is -0.0356. The lowest BCUT2D eigenvalue weighted by Crippen LogP contribution is -2.47. The molecule has 6 nitrogen and oxygen atoms in total. The van der Waals surface area contributed by atoms with Crippen molar-refractivity contribution in [2.24, 2.45) is 5.41 Å². The minimum absolute atomic E-state index is 0.0356. The van der Waals surface area contributed by atoms with E-state index in [1.165, 1.54) is 0 Å². The van der Waals surface area contributed by atoms with E-state index in [-0.39, 0.29) is 17.9 Å². The van der Waals surface area contributed by atoms with Gasteiger partial charge < -0.3 is 19.8 Å². The molecule has 2 aliphatic rings. The SMILES string of the molecule is CCC[C@]1(CO)CCCN(c2cc(C(=O)N3CCN(C)CC3)ccn2)C1. The van der Waals surface area contributed by atoms with E-state index in [1.807, 2.05) is 17.0 Å². The van der Waals surface area contributed by atoms with Gasteiger partial charge in [0.1, 0.15) is 5.82 Å². The number of piperazine rings is 1. The Morgan fingerprint density at radius 3 is 2.73 bits per heavy atom. The van der Waals surface area contributed by atoms with Crippen molar-refractivity contribution in [2.75, 3.05) is 57.8 Å². The molecule has 1 amide bonds. The van der Waals surface area contributed by atoms with Gasteiger partial charge in [0.2, 0.25) is 0 Å². The van der Waals surface area contributed by atoms with Crippen molar-refractivity contribution < 1.29 is 9.90 Å². The van der Waals surface area contributed by atoms with Crippen LogP contribution in [-0.4, -0.2) is 78.7 Å². The summed E-state index contributed by atoms with van der Waals surface area (Å²) >= 11 is 0. The number of amides is 1. The highest BCUT2D eigenvalue weighted by Gasteiger charge is 2.34. The lowest BCUT2D eigenvalue weighted by Gasteiger charge is -2.42. The Balaban J connectivity index is 1.73. The van der Waals surface area contributed by atoms with Crippen LogP contribution in [0.3, 0.4) is 0 Å². The zero-order chi connectivity index (χ0) is 18.6. The first-order valence-electron chi connectivity index (χ1n) is 9.86. The van der Waals surface area contributed by atoms with Crippen LogP contribution >= 0.6 is 0 Å². The van der Waals surface area contributed by atoms with E-state index in [4.69, 9.17) is 0 Å². The molecular formula is C20H32N4O2. The monoisotopic (exact) mass is 360 g/mol. The van der Waals surface area contributed by atoms with E-state index in [0.29, 0.717) is 0 Å². The van der Waals surface area contributed by atoms with Gasteiger partial charge in [-0.2, -0.15) is 0 Å². The number of carbonyl (C=O) groups excluding carboxylic acids is 1. The van der Waals surface area contributed by atoms with E-state index in [1.54, 1.807) is 6.20 Å². The van der Waals surface area contributed by atoms with Crippen molar-refractivity contribution in [3.05, 3.63) is 23.9 Å². The molecule has 1 aromatic heterocycles. The van der Waals surface area contributed by atoms with Gasteiger partial charge in [-0.25, -0.2) is 4.98 Å². The zero-order valence-electron chi connectivity index (χ0n) is 16.2. The summed E-state index contributed by atoms with van der Waals surface area (Å²) in [6, 6.07) is 3.75. The fourth-order valence-corrected chi connectivity index (χ4v) is 4.26. The summed E-state index contributed by atoms with van der Waals surface area (Å²) < 4.78 is 0. The maximum absolute atomic E-state index is 12.8. The van der Waals surface area contributed by atoms with Crippen LogP contribution in [0.25, 0.3) is 0 Å². The normalized spacial score (nSPS) is 24.7. The number of likely N-dealkylation sites (N-methyl/N-ethyl adjacent to an activating group) is 1. The van der Waals surface area contributed by atoms with Gasteiger partial charge in [-0.3, -0.25) is 4.79 Å². The summed E-state index contributed by atoms with van der Waals surface area (Å²) in [6.45, 7) is 7.54. The van der Waals surface area contributed by atoms with Gasteiger partial charge in [0.05, 0.1) is 6.61 Å². The van der Waals surface area contributed by atoms with E-state index in [2.05, 4.69) is 28.8 Å². The fourth-order valence-electron chi connectivity index (χ4n) is 4.26. The van der Waals surface area contributed by atoms with Crippen LogP contribution in [0.1, 0.15) is 43.0 Å². The molecular weight excluding hydrogens is 328 g/mol. The number of aliphatic hydroxyl groups is 1. The summed E-state index contributed by atoms with van der Waals surface area (Å²) in [5.74, 6) is 0.958. The topological polar surface area (TPSA) is 59.9 Å². The molecule has 0 unspecified atom stereocenters. The summed E-state index contributed by atoms with van der Waals surface area (Å²) in [5, 5.41) is 9.96. The van der Waals surface area contributed by atoms with Crippen LogP contribution < -0.4 is 4.90 Å². The van der Waals surface area contributed by atoms with Crippen LogP contribution in [0.4, 0.5) is 5.82 Å². The second kappa shape index (κ2) is 8.35. The molecule has 2 saturated heterocycles. The number of hydrogen-bond acceptors (Lipinski definition) is 5. The lowest BCUT2D eigenvalue weighted by atomic mass is 9.77. The lowest BCUT2D eigenvalue weighted by molar-refractivity contribution is 0.0664. The quantitative estimate of drug-likeness (QED) is 0.868. The van der Waals surface area contributed by atoms with Crippen molar-refractivity contribution in [1.82, 2.24) is 14.8 Å². The molecule has 0 aromatic carbocycles. The standard InChI is InChI=1S/C20H32N4O2/c1-3-6-20(16-25)7-4-9-24(15-20)18-14-17(5-8-21-18)19(26)23-12-10-22(2)11-13-23/h5,8,14,25H,3-4,6-7,9-13,15-16H2,1-2H3/t20-/m0/s1. The van der Waals surface area contributed by atoms with E-state index in [0.717, 1.165) is 76.3 Å². The Bertz CT molecular complexity index is 612. The molecule has 0 spiro atoms. The molecule has 3 rings (SSSR count). The number of piperidine rings is 1. The van der Waals surface area contributed by atoms with Crippen LogP contribution in [0, 0.1) is 5.41 Å². The number of aromatic nitrogens is 1. The number of carbonyl (C=O) groups is 1. The Hall–Kier alpha value is -1.66. The summed E-state index contributed by atoms with van der Waals surface area (Å²) in [7, 11) is 2.09. The van der Waals surface area contributed by atoms with Gasteiger partial charge in [0.25, 0.3) is 5.91 Å². The number of anilines is 1. The van der Waals surface area contributed by atoms with E-state index < -0.39 is 0 Å². The molecule has 26 heavy (non-hydrogen) atoms. The van der Waals surface area contributed by atoms with Crippen molar-refractivity contribution in [3.63, 3.8) is 0 Å². The molecule has 144 valence electrons. The Labute approximate surface area is 156 Å². The second-order valence-corrected chi connectivity index (χ2v) is 7.93.